The van der Waals surface area contributed by atoms with Crippen LogP contribution in [0.5, 0.6) is 0 Å². The van der Waals surface area contributed by atoms with Gasteiger partial charge in [-0.15, -0.1) is 6.42 Å². The van der Waals surface area contributed by atoms with Crippen LogP contribution in [0.25, 0.3) is 0 Å². The molecule has 0 aromatic carbocycles. The molecule has 8 atom stereocenters. The smallest absolute Gasteiger partial charge is 0 e. The number of rotatable bonds is 0. The van der Waals surface area contributed by atoms with Crippen molar-refractivity contribution in [2.75, 3.05) is 0 Å². The summed E-state index contributed by atoms with van der Waals surface area (Å²) in [6.07, 6.45) is 16.7. The largest absolute Gasteiger partial charge is 0.358 e. The Morgan fingerprint density at radius 3 is 1.96 bits per heavy atom. The molecular formula is C20H32W2Y2-4. The molecule has 0 N–H and O–H groups in total. The van der Waals surface area contributed by atoms with Crippen LogP contribution in [-0.2, 0) is 108 Å². The first-order chi connectivity index (χ1) is 9.22. The SMILES string of the molecule is CC1[CH-]C2CC1C1CCCC21.CC1[CH-]C2[CH-]CC1C2.[CH3-].[W].[W].[Y].[Y]. The monoisotopic (exact) mass is 818 g/mol. The van der Waals surface area contributed by atoms with Crippen molar-refractivity contribution in [3.05, 3.63) is 26.7 Å². The van der Waals surface area contributed by atoms with Crippen molar-refractivity contribution >= 4 is 0 Å². The topological polar surface area (TPSA) is 0 Å². The fourth-order valence-electron chi connectivity index (χ4n) is 6.13. The molecule has 0 spiro atoms. The van der Waals surface area contributed by atoms with Crippen LogP contribution in [0.15, 0.2) is 0 Å². The minimum Gasteiger partial charge on any atom is -0.358 e. The van der Waals surface area contributed by atoms with Crippen molar-refractivity contribution in [2.24, 2.45) is 47.3 Å². The van der Waals surface area contributed by atoms with Gasteiger partial charge < -0.3 is 26.7 Å². The Labute approximate surface area is 230 Å². The van der Waals surface area contributed by atoms with Crippen LogP contribution in [0.2, 0.25) is 0 Å². The average molecular weight is 818 g/mol. The minimum atomic E-state index is 0. The van der Waals surface area contributed by atoms with Crippen LogP contribution in [0.1, 0.15) is 52.4 Å². The van der Waals surface area contributed by atoms with Gasteiger partial charge in [-0.3, -0.25) is 5.92 Å². The van der Waals surface area contributed by atoms with E-state index in [0.717, 1.165) is 47.3 Å². The molecule has 2 radical (unpaired) electrons. The van der Waals surface area contributed by atoms with E-state index in [1.165, 1.54) is 19.3 Å². The molecule has 134 valence electrons. The Hall–Kier alpha value is 3.58. The molecule has 5 rings (SSSR count). The molecule has 8 unspecified atom stereocenters. The van der Waals surface area contributed by atoms with Crippen LogP contribution in [0.4, 0.5) is 0 Å². The molecule has 5 saturated carbocycles. The molecule has 0 aromatic heterocycles. The zero-order valence-corrected chi connectivity index (χ0v) is 27.1. The van der Waals surface area contributed by atoms with E-state index in [4.69, 9.17) is 0 Å². The van der Waals surface area contributed by atoms with Gasteiger partial charge in [0.05, 0.1) is 0 Å². The summed E-state index contributed by atoms with van der Waals surface area (Å²) in [7, 11) is 0. The minimum absolute atomic E-state index is 0. The van der Waals surface area contributed by atoms with E-state index in [1.807, 2.05) is 0 Å². The zero-order chi connectivity index (χ0) is 13.0. The molecule has 5 aliphatic rings. The molecule has 0 heterocycles. The molecule has 0 aromatic rings. The van der Waals surface area contributed by atoms with Crippen LogP contribution in [0, 0.1) is 74.0 Å². The Morgan fingerprint density at radius 2 is 1.46 bits per heavy atom. The maximum atomic E-state index is 2.65. The van der Waals surface area contributed by atoms with Gasteiger partial charge in [-0.2, -0.15) is 24.2 Å². The van der Waals surface area contributed by atoms with Crippen LogP contribution in [-0.4, -0.2) is 0 Å². The first-order valence-corrected chi connectivity index (χ1v) is 8.75. The van der Waals surface area contributed by atoms with E-state index in [1.54, 1.807) is 19.3 Å². The second kappa shape index (κ2) is 13.0. The molecule has 0 amide bonds. The summed E-state index contributed by atoms with van der Waals surface area (Å²) in [5, 5.41) is 0. The Bertz CT molecular complexity index is 351. The summed E-state index contributed by atoms with van der Waals surface area (Å²) >= 11 is 0. The van der Waals surface area contributed by atoms with Gasteiger partial charge in [0.2, 0.25) is 0 Å². The van der Waals surface area contributed by atoms with Gasteiger partial charge in [0.1, 0.15) is 0 Å². The predicted octanol–water partition coefficient (Wildman–Crippen LogP) is 5.40. The van der Waals surface area contributed by atoms with Gasteiger partial charge in [-0.05, 0) is 5.92 Å². The van der Waals surface area contributed by atoms with E-state index in [0.29, 0.717) is 0 Å². The summed E-state index contributed by atoms with van der Waals surface area (Å²) in [4.78, 5) is 0. The third-order valence-corrected chi connectivity index (χ3v) is 7.11. The van der Waals surface area contributed by atoms with Crippen molar-refractivity contribution in [3.8, 4) is 0 Å². The summed E-state index contributed by atoms with van der Waals surface area (Å²) in [6, 6.07) is 0. The molecule has 5 fully saturated rings. The predicted molar refractivity (Wildman–Crippen MR) is 86.3 cm³/mol. The zero-order valence-electron chi connectivity index (χ0n) is 15.6. The van der Waals surface area contributed by atoms with Gasteiger partial charge in [0, 0.05) is 108 Å². The van der Waals surface area contributed by atoms with Gasteiger partial charge >= 0.3 is 0 Å². The number of hydrogen-bond donors (Lipinski definition) is 0. The van der Waals surface area contributed by atoms with E-state index in [-0.39, 0.29) is 115 Å². The Morgan fingerprint density at radius 1 is 0.792 bits per heavy atom. The van der Waals surface area contributed by atoms with Crippen molar-refractivity contribution < 1.29 is 108 Å². The maximum absolute atomic E-state index is 2.65. The summed E-state index contributed by atoms with van der Waals surface area (Å²) in [6.45, 7) is 4.77. The second-order valence-corrected chi connectivity index (χ2v) is 8.06. The fraction of sp³-hybridized carbons (Fsp3) is 0.800. The van der Waals surface area contributed by atoms with Crippen molar-refractivity contribution in [2.45, 2.75) is 52.4 Å². The molecule has 24 heavy (non-hydrogen) atoms. The Kier molecular flexibility index (Phi) is 16.1. The number of hydrogen-bond acceptors (Lipinski definition) is 0. The number of fused-ring (bicyclic) bond motifs is 7. The molecule has 4 heteroatoms. The Balaban J connectivity index is 0. The summed E-state index contributed by atoms with van der Waals surface area (Å²) < 4.78 is 0. The molecule has 0 nitrogen and oxygen atoms in total. The van der Waals surface area contributed by atoms with Gasteiger partial charge in [0.25, 0.3) is 0 Å². The first-order valence-electron chi connectivity index (χ1n) is 8.75. The van der Waals surface area contributed by atoms with Crippen LogP contribution in [0.3, 0.4) is 0 Å². The maximum Gasteiger partial charge on any atom is 0 e. The van der Waals surface area contributed by atoms with Gasteiger partial charge in [-0.25, -0.2) is 0 Å². The van der Waals surface area contributed by atoms with E-state index in [2.05, 4.69) is 33.1 Å². The van der Waals surface area contributed by atoms with Crippen molar-refractivity contribution in [1.82, 2.24) is 0 Å². The van der Waals surface area contributed by atoms with Crippen LogP contribution < -0.4 is 0 Å². The summed E-state index contributed by atoms with van der Waals surface area (Å²) in [5.41, 5.74) is 0. The molecule has 0 aliphatic heterocycles. The van der Waals surface area contributed by atoms with Crippen molar-refractivity contribution in [1.29, 1.82) is 0 Å². The molecule has 4 bridgehead atoms. The summed E-state index contributed by atoms with van der Waals surface area (Å²) in [5.74, 6) is 8.24. The fourth-order valence-corrected chi connectivity index (χ4v) is 6.13. The third kappa shape index (κ3) is 6.04. The molecule has 5 aliphatic carbocycles. The van der Waals surface area contributed by atoms with Crippen LogP contribution >= 0.6 is 0 Å². The van der Waals surface area contributed by atoms with E-state index >= 15 is 0 Å². The van der Waals surface area contributed by atoms with E-state index in [9.17, 15) is 0 Å². The first kappa shape index (κ1) is 29.8. The molecular weight excluding hydrogens is 786 g/mol. The quantitative estimate of drug-likeness (QED) is 0.288. The third-order valence-electron chi connectivity index (χ3n) is 7.11. The average Bonchev–Trinajstić information content (AvgIpc) is 3.13. The van der Waals surface area contributed by atoms with Gasteiger partial charge in [0.15, 0.2) is 0 Å². The second-order valence-electron chi connectivity index (χ2n) is 8.06. The standard InChI is InChI=1S/C11H17.C8H12.CH3.2W.2Y/c1-7-5-8-6-11(7)10-4-2-3-9(8)10;1-6-4-7-2-3-8(6)5-7;;;;;/h5,7-11H,2-4,6H2,1H3;2,4,6-8H,3,5H2,1H3;1H3;;;;/q-1;-2;-1;;;;. The molecule has 0 saturated heterocycles. The van der Waals surface area contributed by atoms with Crippen molar-refractivity contribution in [3.63, 3.8) is 0 Å². The normalized spacial score (nSPS) is 45.2. The van der Waals surface area contributed by atoms with Gasteiger partial charge in [-0.1, -0.05) is 57.3 Å². The van der Waals surface area contributed by atoms with E-state index < -0.39 is 0 Å².